The maximum Gasteiger partial charge on any atom is 0.0701 e. The standard InChI is InChI=1S/C15H16Br2S/c1-3-10-5-6-12(7-11(10)4-2)15(17)13-8-14(16)18-9-13/h5-9,15H,3-4H2,1-2H3. The molecule has 0 nitrogen and oxygen atoms in total. The van der Waals surface area contributed by atoms with Gasteiger partial charge in [-0.25, -0.2) is 0 Å². The smallest absolute Gasteiger partial charge is 0.0701 e. The van der Waals surface area contributed by atoms with Gasteiger partial charge in [-0.05, 0) is 62.5 Å². The lowest BCUT2D eigenvalue weighted by atomic mass is 9.97. The third-order valence-electron chi connectivity index (χ3n) is 3.17. The normalized spacial score (nSPS) is 12.7. The molecule has 0 bridgehead atoms. The lowest BCUT2D eigenvalue weighted by Gasteiger charge is -2.13. The summed E-state index contributed by atoms with van der Waals surface area (Å²) in [5.41, 5.74) is 5.59. The predicted molar refractivity (Wildman–Crippen MR) is 88.0 cm³/mol. The van der Waals surface area contributed by atoms with Crippen LogP contribution in [-0.4, -0.2) is 0 Å². The van der Waals surface area contributed by atoms with Crippen LogP contribution in [0.4, 0.5) is 0 Å². The summed E-state index contributed by atoms with van der Waals surface area (Å²) >= 11 is 9.06. The van der Waals surface area contributed by atoms with Crippen LogP contribution < -0.4 is 0 Å². The summed E-state index contributed by atoms with van der Waals surface area (Å²) in [7, 11) is 0. The average Bonchev–Trinajstić information content (AvgIpc) is 2.83. The number of thiophene rings is 1. The summed E-state index contributed by atoms with van der Waals surface area (Å²) in [4.78, 5) is 0.288. The SMILES string of the molecule is CCc1ccc(C(Br)c2csc(Br)c2)cc1CC. The summed E-state index contributed by atoms with van der Waals surface area (Å²) in [6.45, 7) is 4.44. The van der Waals surface area contributed by atoms with Crippen LogP contribution in [0.25, 0.3) is 0 Å². The van der Waals surface area contributed by atoms with E-state index in [1.165, 1.54) is 26.0 Å². The lowest BCUT2D eigenvalue weighted by Crippen LogP contribution is -1.96. The van der Waals surface area contributed by atoms with Crippen molar-refractivity contribution in [3.63, 3.8) is 0 Å². The second-order valence-corrected chi connectivity index (χ2v) is 7.49. The molecule has 2 aromatic rings. The first-order valence-electron chi connectivity index (χ1n) is 6.15. The fourth-order valence-electron chi connectivity index (χ4n) is 2.13. The molecule has 1 heterocycles. The molecule has 0 saturated carbocycles. The van der Waals surface area contributed by atoms with Gasteiger partial charge in [0.15, 0.2) is 0 Å². The van der Waals surface area contributed by atoms with Crippen molar-refractivity contribution < 1.29 is 0 Å². The van der Waals surface area contributed by atoms with Crippen molar-refractivity contribution in [3.8, 4) is 0 Å². The third kappa shape index (κ3) is 3.06. The minimum absolute atomic E-state index is 0.288. The molecular formula is C15H16Br2S. The molecule has 1 atom stereocenters. The maximum atomic E-state index is 3.80. The van der Waals surface area contributed by atoms with Crippen molar-refractivity contribution in [1.29, 1.82) is 0 Å². The van der Waals surface area contributed by atoms with E-state index >= 15 is 0 Å². The Morgan fingerprint density at radius 1 is 1.06 bits per heavy atom. The molecule has 0 radical (unpaired) electrons. The molecule has 18 heavy (non-hydrogen) atoms. The molecule has 0 aliphatic carbocycles. The van der Waals surface area contributed by atoms with Crippen molar-refractivity contribution >= 4 is 43.2 Å². The van der Waals surface area contributed by atoms with Gasteiger partial charge in [-0.2, -0.15) is 0 Å². The highest BCUT2D eigenvalue weighted by molar-refractivity contribution is 9.11. The van der Waals surface area contributed by atoms with Crippen LogP contribution in [0.3, 0.4) is 0 Å². The molecule has 0 fully saturated rings. The maximum absolute atomic E-state index is 3.80. The Morgan fingerprint density at radius 2 is 1.78 bits per heavy atom. The monoisotopic (exact) mass is 386 g/mol. The van der Waals surface area contributed by atoms with Crippen LogP contribution in [-0.2, 0) is 12.8 Å². The largest absolute Gasteiger partial charge is 0.136 e. The van der Waals surface area contributed by atoms with Gasteiger partial charge < -0.3 is 0 Å². The summed E-state index contributed by atoms with van der Waals surface area (Å²) in [6, 6.07) is 9.03. The topological polar surface area (TPSA) is 0 Å². The van der Waals surface area contributed by atoms with Crippen LogP contribution in [0.1, 0.15) is 40.9 Å². The Bertz CT molecular complexity index is 531. The molecule has 1 aromatic carbocycles. The molecule has 0 aliphatic heterocycles. The zero-order chi connectivity index (χ0) is 13.1. The van der Waals surface area contributed by atoms with Crippen molar-refractivity contribution in [2.75, 3.05) is 0 Å². The van der Waals surface area contributed by atoms with E-state index in [1.807, 2.05) is 0 Å². The van der Waals surface area contributed by atoms with E-state index in [4.69, 9.17) is 0 Å². The fraction of sp³-hybridized carbons (Fsp3) is 0.333. The second-order valence-electron chi connectivity index (χ2n) is 4.28. The summed E-state index contributed by atoms with van der Waals surface area (Å²) in [6.07, 6.45) is 2.21. The highest BCUT2D eigenvalue weighted by atomic mass is 79.9. The molecule has 1 aromatic heterocycles. The Kier molecular flexibility index (Phi) is 5.05. The first-order chi connectivity index (χ1) is 8.65. The highest BCUT2D eigenvalue weighted by Gasteiger charge is 2.13. The molecule has 1 unspecified atom stereocenters. The summed E-state index contributed by atoms with van der Waals surface area (Å²) < 4.78 is 1.18. The second kappa shape index (κ2) is 6.36. The highest BCUT2D eigenvalue weighted by Crippen LogP contribution is 2.36. The van der Waals surface area contributed by atoms with Gasteiger partial charge in [-0.15, -0.1) is 11.3 Å². The van der Waals surface area contributed by atoms with Gasteiger partial charge in [0.2, 0.25) is 0 Å². The van der Waals surface area contributed by atoms with Crippen LogP contribution in [0.15, 0.2) is 33.4 Å². The Morgan fingerprint density at radius 3 is 2.33 bits per heavy atom. The number of aryl methyl sites for hydroxylation is 2. The fourth-order valence-corrected chi connectivity index (χ4v) is 4.05. The number of halogens is 2. The van der Waals surface area contributed by atoms with Gasteiger partial charge in [-0.3, -0.25) is 0 Å². The summed E-state index contributed by atoms with van der Waals surface area (Å²) in [5.74, 6) is 0. The van der Waals surface area contributed by atoms with Crippen LogP contribution >= 0.6 is 43.2 Å². The van der Waals surface area contributed by atoms with E-state index in [1.54, 1.807) is 11.3 Å². The van der Waals surface area contributed by atoms with Gasteiger partial charge in [0.1, 0.15) is 0 Å². The van der Waals surface area contributed by atoms with E-state index in [0.29, 0.717) is 0 Å². The number of hydrogen-bond acceptors (Lipinski definition) is 1. The van der Waals surface area contributed by atoms with E-state index < -0.39 is 0 Å². The Labute approximate surface area is 130 Å². The molecule has 0 aliphatic rings. The van der Waals surface area contributed by atoms with Crippen LogP contribution in [0.5, 0.6) is 0 Å². The van der Waals surface area contributed by atoms with Crippen LogP contribution in [0, 0.1) is 0 Å². The molecule has 0 saturated heterocycles. The molecule has 3 heteroatoms. The summed E-state index contributed by atoms with van der Waals surface area (Å²) in [5, 5.41) is 2.20. The lowest BCUT2D eigenvalue weighted by molar-refractivity contribution is 1.02. The van der Waals surface area contributed by atoms with Crippen molar-refractivity contribution in [2.24, 2.45) is 0 Å². The van der Waals surface area contributed by atoms with E-state index in [-0.39, 0.29) is 4.83 Å². The van der Waals surface area contributed by atoms with Gasteiger partial charge in [0.05, 0.1) is 8.61 Å². The van der Waals surface area contributed by atoms with Crippen molar-refractivity contribution in [2.45, 2.75) is 31.5 Å². The van der Waals surface area contributed by atoms with Crippen LogP contribution in [0.2, 0.25) is 0 Å². The molecule has 96 valence electrons. The molecule has 2 rings (SSSR count). The third-order valence-corrected chi connectivity index (χ3v) is 5.75. The van der Waals surface area contributed by atoms with Gasteiger partial charge in [0, 0.05) is 0 Å². The molecular weight excluding hydrogens is 372 g/mol. The minimum Gasteiger partial charge on any atom is -0.136 e. The van der Waals surface area contributed by atoms with Gasteiger partial charge in [-0.1, -0.05) is 48.0 Å². The zero-order valence-corrected chi connectivity index (χ0v) is 14.5. The first kappa shape index (κ1) is 14.3. The van der Waals surface area contributed by atoms with Crippen molar-refractivity contribution in [1.82, 2.24) is 0 Å². The minimum atomic E-state index is 0.288. The average molecular weight is 388 g/mol. The van der Waals surface area contributed by atoms with Gasteiger partial charge in [0.25, 0.3) is 0 Å². The van der Waals surface area contributed by atoms with E-state index in [9.17, 15) is 0 Å². The van der Waals surface area contributed by atoms with E-state index in [0.717, 1.165) is 12.8 Å². The van der Waals surface area contributed by atoms with E-state index in [2.05, 4.69) is 75.4 Å². The zero-order valence-electron chi connectivity index (χ0n) is 10.5. The number of hydrogen-bond donors (Lipinski definition) is 0. The molecule has 0 amide bonds. The quantitative estimate of drug-likeness (QED) is 0.554. The Balaban J connectivity index is 2.33. The number of alkyl halides is 1. The number of benzene rings is 1. The van der Waals surface area contributed by atoms with Crippen molar-refractivity contribution in [3.05, 3.63) is 55.7 Å². The first-order valence-corrected chi connectivity index (χ1v) is 8.74. The predicted octanol–water partition coefficient (Wildman–Crippen LogP) is 6.12. The molecule has 0 N–H and O–H groups in total. The number of rotatable bonds is 4. The molecule has 0 spiro atoms. The van der Waals surface area contributed by atoms with Gasteiger partial charge >= 0.3 is 0 Å². The Hall–Kier alpha value is -0.120.